The number of rotatable bonds is 0. The van der Waals surface area contributed by atoms with Gasteiger partial charge in [-0.25, -0.2) is 0 Å². The van der Waals surface area contributed by atoms with Crippen molar-refractivity contribution in [1.82, 2.24) is 0 Å². The third-order valence-corrected chi connectivity index (χ3v) is 3.72. The molecule has 4 nitrogen and oxygen atoms in total. The Bertz CT molecular complexity index is 232. The second-order valence-corrected chi connectivity index (χ2v) is 3.87. The highest BCUT2D eigenvalue weighted by Gasteiger charge is 2.13. The summed E-state index contributed by atoms with van der Waals surface area (Å²) in [6.45, 7) is 0. The monoisotopic (exact) mass is 294 g/mol. The molecule has 1 aromatic carbocycles. The van der Waals surface area contributed by atoms with Gasteiger partial charge < -0.3 is 22.9 Å². The third kappa shape index (κ3) is 1.21. The summed E-state index contributed by atoms with van der Waals surface area (Å²) in [6, 6.07) is 0. The highest BCUT2D eigenvalue weighted by Crippen LogP contribution is 2.42. The molecule has 6 heteroatoms. The fourth-order valence-electron chi connectivity index (χ4n) is 0.763. The number of nitrogens with two attached hydrogens (primary N) is 4. The number of anilines is 4. The van der Waals surface area contributed by atoms with Gasteiger partial charge in [-0.2, -0.15) is 0 Å². The van der Waals surface area contributed by atoms with E-state index in [1.165, 1.54) is 0 Å². The van der Waals surface area contributed by atoms with Crippen LogP contribution >= 0.6 is 31.9 Å². The molecule has 8 N–H and O–H groups in total. The highest BCUT2D eigenvalue weighted by atomic mass is 79.9. The number of nitrogen functional groups attached to an aromatic ring is 4. The highest BCUT2D eigenvalue weighted by molar-refractivity contribution is 9.13. The Kier molecular flexibility index (Phi) is 2.39. The van der Waals surface area contributed by atoms with E-state index in [2.05, 4.69) is 31.9 Å². The number of benzene rings is 1. The van der Waals surface area contributed by atoms with Gasteiger partial charge in [0, 0.05) is 0 Å². The van der Waals surface area contributed by atoms with Gasteiger partial charge in [0.2, 0.25) is 0 Å². The van der Waals surface area contributed by atoms with Gasteiger partial charge in [0.05, 0.1) is 31.7 Å². The van der Waals surface area contributed by atoms with Crippen molar-refractivity contribution in [2.45, 2.75) is 0 Å². The van der Waals surface area contributed by atoms with Crippen LogP contribution in [-0.4, -0.2) is 0 Å². The minimum atomic E-state index is 0.308. The lowest BCUT2D eigenvalue weighted by molar-refractivity contribution is 1.56. The fourth-order valence-corrected chi connectivity index (χ4v) is 1.62. The summed E-state index contributed by atoms with van der Waals surface area (Å²) >= 11 is 6.45. The molecule has 0 radical (unpaired) electrons. The Labute approximate surface area is 86.5 Å². The predicted octanol–water partition coefficient (Wildman–Crippen LogP) is 1.54. The maximum Gasteiger partial charge on any atom is 0.0815 e. The molecule has 1 aromatic rings. The predicted molar refractivity (Wildman–Crippen MR) is 59.5 cm³/mol. The van der Waals surface area contributed by atoms with Gasteiger partial charge in [0.15, 0.2) is 0 Å². The molecule has 0 unspecified atom stereocenters. The van der Waals surface area contributed by atoms with Crippen molar-refractivity contribution in [3.63, 3.8) is 0 Å². The summed E-state index contributed by atoms with van der Waals surface area (Å²) in [6.07, 6.45) is 0. The molecule has 0 fully saturated rings. The number of halogens is 2. The van der Waals surface area contributed by atoms with Crippen molar-refractivity contribution in [2.75, 3.05) is 22.9 Å². The van der Waals surface area contributed by atoms with Crippen LogP contribution in [0.5, 0.6) is 0 Å². The van der Waals surface area contributed by atoms with Crippen LogP contribution in [0.2, 0.25) is 0 Å². The van der Waals surface area contributed by atoms with Gasteiger partial charge in [0.25, 0.3) is 0 Å². The SMILES string of the molecule is Nc1c(N)c(N)c(Br)c(Br)c1N. The van der Waals surface area contributed by atoms with E-state index in [1.807, 2.05) is 0 Å². The Morgan fingerprint density at radius 2 is 0.833 bits per heavy atom. The van der Waals surface area contributed by atoms with Gasteiger partial charge in [-0.05, 0) is 31.9 Å². The Hall–Kier alpha value is -0.620. The quantitative estimate of drug-likeness (QED) is 0.545. The van der Waals surface area contributed by atoms with E-state index in [9.17, 15) is 0 Å². The average molecular weight is 296 g/mol. The smallest absolute Gasteiger partial charge is 0.0815 e. The topological polar surface area (TPSA) is 104 Å². The summed E-state index contributed by atoms with van der Waals surface area (Å²) in [5.41, 5.74) is 23.8. The molecule has 0 saturated heterocycles. The largest absolute Gasteiger partial charge is 0.396 e. The lowest BCUT2D eigenvalue weighted by atomic mass is 10.2. The maximum atomic E-state index is 5.61. The maximum absolute atomic E-state index is 5.61. The van der Waals surface area contributed by atoms with Crippen molar-refractivity contribution in [1.29, 1.82) is 0 Å². The van der Waals surface area contributed by atoms with Gasteiger partial charge in [-0.15, -0.1) is 0 Å². The van der Waals surface area contributed by atoms with E-state index >= 15 is 0 Å². The number of hydrogen-bond acceptors (Lipinski definition) is 4. The molecule has 0 saturated carbocycles. The summed E-state index contributed by atoms with van der Waals surface area (Å²) in [4.78, 5) is 0. The first-order valence-electron chi connectivity index (χ1n) is 3.03. The van der Waals surface area contributed by atoms with Gasteiger partial charge >= 0.3 is 0 Å². The van der Waals surface area contributed by atoms with E-state index in [0.717, 1.165) is 0 Å². The number of hydrogen-bond donors (Lipinski definition) is 4. The summed E-state index contributed by atoms with van der Waals surface area (Å²) < 4.78 is 1.26. The second-order valence-electron chi connectivity index (χ2n) is 2.28. The lowest BCUT2D eigenvalue weighted by Gasteiger charge is -2.11. The molecule has 66 valence electrons. The normalized spacial score (nSPS) is 10.2. The molecule has 0 spiro atoms. The molecular formula is C6H8Br2N4. The van der Waals surface area contributed by atoms with Gasteiger partial charge in [0.1, 0.15) is 0 Å². The molecule has 0 atom stereocenters. The molecule has 12 heavy (non-hydrogen) atoms. The lowest BCUT2D eigenvalue weighted by Crippen LogP contribution is -2.05. The minimum absolute atomic E-state index is 0.308. The van der Waals surface area contributed by atoms with Crippen LogP contribution in [0.25, 0.3) is 0 Å². The van der Waals surface area contributed by atoms with E-state index in [1.54, 1.807) is 0 Å². The fraction of sp³-hybridized carbons (Fsp3) is 0. The molecular weight excluding hydrogens is 288 g/mol. The Morgan fingerprint density at radius 3 is 1.08 bits per heavy atom. The van der Waals surface area contributed by atoms with Crippen LogP contribution < -0.4 is 22.9 Å². The zero-order chi connectivity index (χ0) is 9.46. The molecule has 1 rings (SSSR count). The average Bonchev–Trinajstić information content (AvgIpc) is 2.08. The first-order chi connectivity index (χ1) is 5.46. The Balaban J connectivity index is 3.60. The molecule has 0 heterocycles. The van der Waals surface area contributed by atoms with Gasteiger partial charge in [-0.3, -0.25) is 0 Å². The first-order valence-corrected chi connectivity index (χ1v) is 4.62. The molecule has 0 aliphatic rings. The minimum Gasteiger partial charge on any atom is -0.396 e. The summed E-state index contributed by atoms with van der Waals surface area (Å²) in [5, 5.41) is 0. The van der Waals surface area contributed by atoms with Crippen molar-refractivity contribution in [3.8, 4) is 0 Å². The van der Waals surface area contributed by atoms with E-state index in [4.69, 9.17) is 22.9 Å². The molecule has 0 aliphatic carbocycles. The van der Waals surface area contributed by atoms with Crippen molar-refractivity contribution in [2.24, 2.45) is 0 Å². The Morgan fingerprint density at radius 1 is 0.583 bits per heavy atom. The van der Waals surface area contributed by atoms with E-state index < -0.39 is 0 Å². The standard InChI is InChI=1S/C6H8Br2N4/c7-1-2(8)4(10)6(12)5(11)3(1)9/h9-12H2. The summed E-state index contributed by atoms with van der Waals surface area (Å²) in [7, 11) is 0. The molecule has 0 aromatic heterocycles. The van der Waals surface area contributed by atoms with E-state index in [-0.39, 0.29) is 0 Å². The van der Waals surface area contributed by atoms with Crippen LogP contribution in [0.3, 0.4) is 0 Å². The van der Waals surface area contributed by atoms with Crippen molar-refractivity contribution >= 4 is 54.6 Å². The van der Waals surface area contributed by atoms with Gasteiger partial charge in [-0.1, -0.05) is 0 Å². The molecule has 0 bridgehead atoms. The van der Waals surface area contributed by atoms with Crippen LogP contribution in [0.4, 0.5) is 22.7 Å². The van der Waals surface area contributed by atoms with Crippen LogP contribution in [0, 0.1) is 0 Å². The van der Waals surface area contributed by atoms with Crippen LogP contribution in [0.1, 0.15) is 0 Å². The van der Waals surface area contributed by atoms with Crippen molar-refractivity contribution < 1.29 is 0 Å². The molecule has 0 aliphatic heterocycles. The third-order valence-electron chi connectivity index (χ3n) is 1.54. The zero-order valence-corrected chi connectivity index (χ0v) is 9.24. The second kappa shape index (κ2) is 3.02. The summed E-state index contributed by atoms with van der Waals surface area (Å²) in [5.74, 6) is 0. The van der Waals surface area contributed by atoms with E-state index in [0.29, 0.717) is 31.7 Å². The van der Waals surface area contributed by atoms with Crippen LogP contribution in [0.15, 0.2) is 8.95 Å². The van der Waals surface area contributed by atoms with Crippen LogP contribution in [-0.2, 0) is 0 Å². The van der Waals surface area contributed by atoms with Crippen molar-refractivity contribution in [3.05, 3.63) is 8.95 Å². The zero-order valence-electron chi connectivity index (χ0n) is 6.07. The molecule has 0 amide bonds. The first kappa shape index (κ1) is 9.47.